The molecule has 0 aliphatic heterocycles. The summed E-state index contributed by atoms with van der Waals surface area (Å²) in [4.78, 5) is 87.5. The van der Waals surface area contributed by atoms with E-state index in [0.29, 0.717) is 0 Å². The summed E-state index contributed by atoms with van der Waals surface area (Å²) in [6, 6.07) is 11.1. The van der Waals surface area contributed by atoms with Crippen LogP contribution in [0.1, 0.15) is 93.4 Å². The van der Waals surface area contributed by atoms with Crippen LogP contribution in [0.4, 0.5) is 17.1 Å². The van der Waals surface area contributed by atoms with Crippen LogP contribution in [0.3, 0.4) is 0 Å². The van der Waals surface area contributed by atoms with E-state index in [1.165, 1.54) is 43.5 Å². The largest absolute Gasteiger partial charge is 0.480 e. The number of rotatable bonds is 15. The number of nitrogens with one attached hydrogen (secondary N) is 2. The van der Waals surface area contributed by atoms with Crippen molar-refractivity contribution < 1.29 is 66.8 Å². The van der Waals surface area contributed by atoms with Crippen LogP contribution in [0.15, 0.2) is 54.6 Å². The smallest absolute Gasteiger partial charge is 0.344 e. The number of ether oxygens (including phenoxy) is 7. The minimum Gasteiger partial charge on any atom is -0.480 e. The molecule has 0 radical (unpaired) electrons. The van der Waals surface area contributed by atoms with Gasteiger partial charge in [-0.2, -0.15) is 0 Å². The number of amides is 2. The standard InChI is InChI=1S/C40H47N3O15/c1-38(2,3)56-32(44)20-53-29-17-23(35(47)42-27-15-12-25(37(49)52-10)19-30(27)54-21-33(45)57-39(4,5)6)11-14-26(29)41-36(48)24-13-16-28(43(50)51)31(18-24)55-22-34(46)58-40(7,8)9/h11-19H,20-22H2,1-10H3,(H,41,48)(H,42,47). The van der Waals surface area contributed by atoms with Crippen molar-refractivity contribution in [3.8, 4) is 17.2 Å². The Morgan fingerprint density at radius 3 is 1.28 bits per heavy atom. The van der Waals surface area contributed by atoms with Crippen LogP contribution in [0.25, 0.3) is 0 Å². The van der Waals surface area contributed by atoms with Crippen molar-refractivity contribution in [3.63, 3.8) is 0 Å². The third-order valence-electron chi connectivity index (χ3n) is 6.86. The van der Waals surface area contributed by atoms with E-state index in [0.717, 1.165) is 18.2 Å². The zero-order chi connectivity index (χ0) is 43.6. The fourth-order valence-corrected chi connectivity index (χ4v) is 4.71. The first-order valence-electron chi connectivity index (χ1n) is 17.7. The van der Waals surface area contributed by atoms with Gasteiger partial charge in [-0.15, -0.1) is 0 Å². The Bertz CT molecular complexity index is 2060. The lowest BCUT2D eigenvalue weighted by atomic mass is 10.1. The Labute approximate surface area is 334 Å². The second kappa shape index (κ2) is 18.9. The number of benzene rings is 3. The molecule has 2 N–H and O–H groups in total. The van der Waals surface area contributed by atoms with Gasteiger partial charge in [0.25, 0.3) is 11.8 Å². The number of hydrogen-bond acceptors (Lipinski definition) is 15. The molecule has 3 aromatic rings. The Hall–Kier alpha value is -6.72. The molecule has 18 nitrogen and oxygen atoms in total. The van der Waals surface area contributed by atoms with E-state index in [9.17, 15) is 38.9 Å². The first-order valence-corrected chi connectivity index (χ1v) is 17.7. The van der Waals surface area contributed by atoms with Gasteiger partial charge in [0, 0.05) is 23.3 Å². The predicted molar refractivity (Wildman–Crippen MR) is 207 cm³/mol. The number of esters is 4. The van der Waals surface area contributed by atoms with E-state index in [4.69, 9.17) is 33.2 Å². The number of nitro benzene ring substituents is 1. The van der Waals surface area contributed by atoms with Gasteiger partial charge in [0.15, 0.2) is 25.6 Å². The maximum absolute atomic E-state index is 13.6. The fraction of sp³-hybridized carbons (Fsp3) is 0.400. The van der Waals surface area contributed by atoms with Crippen molar-refractivity contribution >= 4 is 52.8 Å². The summed E-state index contributed by atoms with van der Waals surface area (Å²) in [6.07, 6.45) is 0. The third kappa shape index (κ3) is 14.7. The third-order valence-corrected chi connectivity index (χ3v) is 6.86. The molecule has 0 heterocycles. The summed E-state index contributed by atoms with van der Waals surface area (Å²) >= 11 is 0. The van der Waals surface area contributed by atoms with E-state index < -0.39 is 82.9 Å². The van der Waals surface area contributed by atoms with Crippen LogP contribution in [-0.4, -0.2) is 84.3 Å². The van der Waals surface area contributed by atoms with Crippen molar-refractivity contribution in [1.29, 1.82) is 0 Å². The lowest BCUT2D eigenvalue weighted by molar-refractivity contribution is -0.385. The van der Waals surface area contributed by atoms with Crippen LogP contribution < -0.4 is 24.8 Å². The summed E-state index contributed by atoms with van der Waals surface area (Å²) < 4.78 is 37.3. The zero-order valence-corrected chi connectivity index (χ0v) is 33.9. The van der Waals surface area contributed by atoms with Crippen LogP contribution in [0.2, 0.25) is 0 Å². The number of nitrogens with zero attached hydrogens (tertiary/aromatic N) is 1. The SMILES string of the molecule is COC(=O)c1ccc(NC(=O)c2ccc(NC(=O)c3ccc([N+](=O)[O-])c(OCC(=O)OC(C)(C)C)c3)c(OCC(=O)OC(C)(C)C)c2)c(OCC(=O)OC(C)(C)C)c1. The Morgan fingerprint density at radius 2 is 0.897 bits per heavy atom. The molecule has 0 saturated heterocycles. The molecule has 0 aliphatic rings. The van der Waals surface area contributed by atoms with E-state index in [1.54, 1.807) is 62.3 Å². The van der Waals surface area contributed by atoms with Gasteiger partial charge in [0.05, 0.1) is 29.0 Å². The highest BCUT2D eigenvalue weighted by molar-refractivity contribution is 6.08. The molecule has 0 saturated carbocycles. The van der Waals surface area contributed by atoms with Gasteiger partial charge in [-0.05, 0) is 105 Å². The topological polar surface area (TPSA) is 234 Å². The number of methoxy groups -OCH3 is 1. The van der Waals surface area contributed by atoms with E-state index in [-0.39, 0.29) is 45.3 Å². The van der Waals surface area contributed by atoms with Crippen molar-refractivity contribution in [1.82, 2.24) is 0 Å². The normalized spacial score (nSPS) is 11.3. The lowest BCUT2D eigenvalue weighted by Crippen LogP contribution is -2.27. The van der Waals surface area contributed by atoms with Gasteiger partial charge in [-0.3, -0.25) is 19.7 Å². The van der Waals surface area contributed by atoms with E-state index >= 15 is 0 Å². The average Bonchev–Trinajstić information content (AvgIpc) is 3.10. The molecular formula is C40H47N3O15. The first-order chi connectivity index (χ1) is 26.8. The first kappa shape index (κ1) is 45.7. The second-order valence-corrected chi connectivity index (χ2v) is 15.4. The highest BCUT2D eigenvalue weighted by Gasteiger charge is 2.24. The van der Waals surface area contributed by atoms with Crippen LogP contribution in [0, 0.1) is 10.1 Å². The predicted octanol–water partition coefficient (Wildman–Crippen LogP) is 6.05. The summed E-state index contributed by atoms with van der Waals surface area (Å²) in [6.45, 7) is 13.0. The molecule has 58 heavy (non-hydrogen) atoms. The molecule has 3 rings (SSSR count). The minimum absolute atomic E-state index is 0.0245. The number of hydrogen-bond donors (Lipinski definition) is 2. The molecule has 0 fully saturated rings. The number of nitro groups is 1. The summed E-state index contributed by atoms with van der Waals surface area (Å²) in [5.41, 5.74) is -3.09. The van der Waals surface area contributed by atoms with Gasteiger partial charge in [-0.25, -0.2) is 19.2 Å². The van der Waals surface area contributed by atoms with E-state index in [1.807, 2.05) is 0 Å². The average molecular weight is 810 g/mol. The Balaban J connectivity index is 1.95. The van der Waals surface area contributed by atoms with Crippen molar-refractivity contribution in [2.45, 2.75) is 79.1 Å². The molecule has 0 spiro atoms. The molecule has 312 valence electrons. The second-order valence-electron chi connectivity index (χ2n) is 15.4. The number of carbonyl (C=O) groups excluding carboxylic acids is 6. The van der Waals surface area contributed by atoms with Crippen molar-refractivity contribution in [2.75, 3.05) is 37.6 Å². The molecular weight excluding hydrogens is 762 g/mol. The van der Waals surface area contributed by atoms with Gasteiger partial charge in [0.1, 0.15) is 28.3 Å². The maximum atomic E-state index is 13.6. The van der Waals surface area contributed by atoms with Crippen molar-refractivity contribution in [2.24, 2.45) is 0 Å². The minimum atomic E-state index is -0.856. The fourth-order valence-electron chi connectivity index (χ4n) is 4.71. The summed E-state index contributed by atoms with van der Waals surface area (Å²) in [5, 5.41) is 16.9. The van der Waals surface area contributed by atoms with Gasteiger partial charge in [-0.1, -0.05) is 0 Å². The summed E-state index contributed by atoms with van der Waals surface area (Å²) in [7, 11) is 1.18. The van der Waals surface area contributed by atoms with Crippen molar-refractivity contribution in [3.05, 3.63) is 81.4 Å². The molecule has 3 aromatic carbocycles. The molecule has 0 bridgehead atoms. The van der Waals surface area contributed by atoms with E-state index in [2.05, 4.69) is 10.6 Å². The molecule has 18 heteroatoms. The molecule has 0 aliphatic carbocycles. The van der Waals surface area contributed by atoms with Gasteiger partial charge < -0.3 is 43.8 Å². The molecule has 0 aromatic heterocycles. The van der Waals surface area contributed by atoms with Gasteiger partial charge in [0.2, 0.25) is 0 Å². The quantitative estimate of drug-likeness (QED) is 0.0770. The van der Waals surface area contributed by atoms with Gasteiger partial charge >= 0.3 is 29.6 Å². The zero-order valence-electron chi connectivity index (χ0n) is 33.9. The number of carbonyl (C=O) groups is 6. The van der Waals surface area contributed by atoms with Crippen LogP contribution in [0.5, 0.6) is 17.2 Å². The highest BCUT2D eigenvalue weighted by Crippen LogP contribution is 2.32. The summed E-state index contributed by atoms with van der Waals surface area (Å²) in [5.74, 6) is -5.13. The highest BCUT2D eigenvalue weighted by atomic mass is 16.6. The number of anilines is 2. The Kier molecular flexibility index (Phi) is 14.9. The lowest BCUT2D eigenvalue weighted by Gasteiger charge is -2.20. The molecule has 0 atom stereocenters. The maximum Gasteiger partial charge on any atom is 0.344 e. The van der Waals surface area contributed by atoms with Crippen LogP contribution >= 0.6 is 0 Å². The monoisotopic (exact) mass is 809 g/mol. The molecule has 0 unspecified atom stereocenters. The van der Waals surface area contributed by atoms with Crippen LogP contribution in [-0.2, 0) is 33.3 Å². The Morgan fingerprint density at radius 1 is 0.552 bits per heavy atom. The molecule has 2 amide bonds.